The van der Waals surface area contributed by atoms with E-state index in [1.54, 1.807) is 0 Å². The summed E-state index contributed by atoms with van der Waals surface area (Å²) in [5.41, 5.74) is 0. The van der Waals surface area contributed by atoms with E-state index in [4.69, 9.17) is 35.0 Å². The summed E-state index contributed by atoms with van der Waals surface area (Å²) in [6, 6.07) is 0. The molecule has 72 valence electrons. The minimum Gasteiger partial charge on any atom is -1.00 e. The predicted molar refractivity (Wildman–Crippen MR) is 32.5 cm³/mol. The Morgan fingerprint density at radius 2 is 0.714 bits per heavy atom. The van der Waals surface area contributed by atoms with Gasteiger partial charge in [-0.05, 0) is 0 Å². The van der Waals surface area contributed by atoms with Crippen LogP contribution in [-0.4, -0.2) is 95.8 Å². The van der Waals surface area contributed by atoms with Crippen LogP contribution in [0.3, 0.4) is 0 Å². The molecule has 0 aliphatic carbocycles. The molecule has 0 radical (unpaired) electrons. The first-order chi connectivity index (χ1) is 4.00. The van der Waals surface area contributed by atoms with Crippen molar-refractivity contribution >= 4 is 81.6 Å². The van der Waals surface area contributed by atoms with Crippen LogP contribution in [0.25, 0.3) is 0 Å². The van der Waals surface area contributed by atoms with Crippen molar-refractivity contribution in [2.24, 2.45) is 0 Å². The number of hydrogen-bond donors (Lipinski definition) is 0. The van der Waals surface area contributed by atoms with E-state index in [0.29, 0.717) is 0 Å². The van der Waals surface area contributed by atoms with Crippen LogP contribution in [0.15, 0.2) is 0 Å². The van der Waals surface area contributed by atoms with Gasteiger partial charge in [0.05, 0.1) is 0 Å². The van der Waals surface area contributed by atoms with Crippen molar-refractivity contribution in [2.75, 3.05) is 0 Å². The molecule has 14 heavy (non-hydrogen) atoms. The molecule has 0 rings (SSSR count). The van der Waals surface area contributed by atoms with Gasteiger partial charge in [-0.25, -0.2) is 0 Å². The van der Waals surface area contributed by atoms with Crippen LogP contribution in [-0.2, 0) is 20.8 Å². The summed E-state index contributed by atoms with van der Waals surface area (Å²) in [5.74, 6) is 0. The maximum atomic E-state index is 8.52. The van der Waals surface area contributed by atoms with E-state index in [2.05, 4.69) is 0 Å². The van der Waals surface area contributed by atoms with Crippen molar-refractivity contribution in [3.63, 3.8) is 0 Å². The summed E-state index contributed by atoms with van der Waals surface area (Å²) in [4.78, 5) is 0. The second-order valence-electron chi connectivity index (χ2n) is 0.816. The maximum absolute atomic E-state index is 8.52. The number of hydrogen-bond acceptors (Lipinski definition) is 8. The molecule has 0 aromatic rings. The van der Waals surface area contributed by atoms with Crippen LogP contribution in [0.1, 0.15) is 0 Å². The van der Waals surface area contributed by atoms with Crippen LogP contribution in [0.2, 0.25) is 0 Å². The minimum atomic E-state index is -5.17. The monoisotopic (exact) mass is 314 g/mol. The van der Waals surface area contributed by atoms with E-state index in [-0.39, 0.29) is 103 Å². The Kier molecular flexibility index (Phi) is 41.3. The quantitative estimate of drug-likeness (QED) is 0.242. The standard InChI is InChI=1S/Ca.ClH.Mg.Na.2H2O4S/c;;;;2*1-5(2,3)4/h;1H;;;2*(H2,1,2,3,4)/q+2;;+2;+1;;/p-5. The smallest absolute Gasteiger partial charge is 1.00 e. The minimum absolute atomic E-state index is 0. The van der Waals surface area contributed by atoms with Gasteiger partial charge >= 0.3 is 90.3 Å². The van der Waals surface area contributed by atoms with Crippen LogP contribution in [0, 0.1) is 0 Å². The van der Waals surface area contributed by atoms with Crippen LogP contribution in [0.4, 0.5) is 0 Å². The van der Waals surface area contributed by atoms with Crippen molar-refractivity contribution in [1.82, 2.24) is 0 Å². The first kappa shape index (κ1) is 36.0. The zero-order valence-corrected chi connectivity index (χ0v) is 14.9. The van der Waals surface area contributed by atoms with Gasteiger partial charge in [-0.1, -0.05) is 0 Å². The molecule has 0 fully saturated rings. The summed E-state index contributed by atoms with van der Waals surface area (Å²) >= 11 is 0. The van der Waals surface area contributed by atoms with Crippen molar-refractivity contribution in [3.8, 4) is 0 Å². The molecule has 0 aliphatic heterocycles. The van der Waals surface area contributed by atoms with E-state index in [1.165, 1.54) is 0 Å². The molecule has 0 N–H and O–H groups in total. The summed E-state index contributed by atoms with van der Waals surface area (Å²) in [6.07, 6.45) is 0. The van der Waals surface area contributed by atoms with E-state index in [0.717, 1.165) is 0 Å². The molecule has 0 spiro atoms. The SMILES string of the molecule is O=S(=O)([O-])[O-].O=S(=O)([O-])[O-].[Ca+2].[Cl-].[Mg+2].[Na+]. The zero-order valence-electron chi connectivity index (χ0n) is 6.87. The summed E-state index contributed by atoms with van der Waals surface area (Å²) in [6.45, 7) is 0. The van der Waals surface area contributed by atoms with Gasteiger partial charge in [0.25, 0.3) is 0 Å². The van der Waals surface area contributed by atoms with Gasteiger partial charge in [0.2, 0.25) is 0 Å². The molecule has 0 atom stereocenters. The van der Waals surface area contributed by atoms with Gasteiger partial charge in [-0.3, -0.25) is 16.8 Å². The summed E-state index contributed by atoms with van der Waals surface area (Å²) < 4.78 is 68.2. The van der Waals surface area contributed by atoms with E-state index >= 15 is 0 Å². The first-order valence-electron chi connectivity index (χ1n) is 1.33. The third kappa shape index (κ3) is 319. The Hall–Kier alpha value is 3.06. The number of halogens is 1. The first-order valence-corrected chi connectivity index (χ1v) is 4.00. The van der Waals surface area contributed by atoms with Gasteiger partial charge in [-0.15, -0.1) is 0 Å². The zero-order chi connectivity index (χ0) is 9.00. The van der Waals surface area contributed by atoms with Crippen molar-refractivity contribution in [1.29, 1.82) is 0 Å². The van der Waals surface area contributed by atoms with Gasteiger partial charge in [-0.2, -0.15) is 0 Å². The van der Waals surface area contributed by atoms with E-state index < -0.39 is 20.8 Å². The van der Waals surface area contributed by atoms with Gasteiger partial charge in [0.1, 0.15) is 0 Å². The summed E-state index contributed by atoms with van der Waals surface area (Å²) in [5, 5.41) is 0. The molecule has 0 saturated carbocycles. The van der Waals surface area contributed by atoms with Crippen molar-refractivity contribution in [3.05, 3.63) is 0 Å². The predicted octanol–water partition coefficient (Wildman–Crippen LogP) is -9.43. The van der Waals surface area contributed by atoms with Crippen LogP contribution >= 0.6 is 0 Å². The van der Waals surface area contributed by atoms with Gasteiger partial charge < -0.3 is 30.6 Å². The second-order valence-corrected chi connectivity index (χ2v) is 2.45. The second kappa shape index (κ2) is 16.1. The Morgan fingerprint density at radius 1 is 0.714 bits per heavy atom. The summed E-state index contributed by atoms with van der Waals surface area (Å²) in [7, 11) is -10.3. The fourth-order valence-electron chi connectivity index (χ4n) is 0. The van der Waals surface area contributed by atoms with E-state index in [9.17, 15) is 0 Å². The van der Waals surface area contributed by atoms with Gasteiger partial charge in [0, 0.05) is 20.8 Å². The van der Waals surface area contributed by atoms with Crippen molar-refractivity contribution in [2.45, 2.75) is 0 Å². The van der Waals surface area contributed by atoms with Crippen LogP contribution in [0.5, 0.6) is 0 Å². The normalized spacial score (nSPS) is 8.29. The Bertz CT molecular complexity index is 224. The molecule has 0 heterocycles. The molecule has 0 aromatic heterocycles. The third-order valence-electron chi connectivity index (χ3n) is 0. The third-order valence-corrected chi connectivity index (χ3v) is 0. The molecule has 8 nitrogen and oxygen atoms in total. The fraction of sp³-hybridized carbons (Fsp3) is 0. The Morgan fingerprint density at radius 3 is 0.714 bits per heavy atom. The topological polar surface area (TPSA) is 161 Å². The van der Waals surface area contributed by atoms with Gasteiger partial charge in [0.15, 0.2) is 0 Å². The Labute approximate surface area is 156 Å². The average Bonchev–Trinajstić information content (AvgIpc) is 1.12. The molecule has 0 aromatic carbocycles. The molecular formula is CaClMgNaO8S2. The van der Waals surface area contributed by atoms with Crippen molar-refractivity contribution < 1.29 is 77.0 Å². The molecule has 0 bridgehead atoms. The number of rotatable bonds is 0. The maximum Gasteiger partial charge on any atom is 2.00 e. The largest absolute Gasteiger partial charge is 2.00 e. The molecule has 0 amide bonds. The molecular weight excluding hydrogens is 315 g/mol. The molecule has 0 unspecified atom stereocenters. The molecule has 14 heteroatoms. The van der Waals surface area contributed by atoms with Crippen LogP contribution < -0.4 is 42.0 Å². The molecule has 0 aliphatic rings. The average molecular weight is 315 g/mol. The molecule has 0 saturated heterocycles. The Balaban J connectivity index is -0.0000000178. The fourth-order valence-corrected chi connectivity index (χ4v) is 0. The van der Waals surface area contributed by atoms with E-state index in [1.807, 2.05) is 0 Å².